The second kappa shape index (κ2) is 8.50. The van der Waals surface area contributed by atoms with Gasteiger partial charge in [-0.2, -0.15) is 0 Å². The van der Waals surface area contributed by atoms with E-state index in [1.54, 1.807) is 6.08 Å². The van der Waals surface area contributed by atoms with Crippen molar-refractivity contribution in [2.24, 2.45) is 5.92 Å². The van der Waals surface area contributed by atoms with E-state index in [2.05, 4.69) is 13.8 Å². The fourth-order valence-electron chi connectivity index (χ4n) is 1.25. The highest BCUT2D eigenvalue weighted by Crippen LogP contribution is 2.10. The molecule has 18 heavy (non-hydrogen) atoms. The number of esters is 2. The van der Waals surface area contributed by atoms with E-state index >= 15 is 0 Å². The maximum Gasteiger partial charge on any atom is 0.310 e. The first-order valence-electron chi connectivity index (χ1n) is 6.06. The van der Waals surface area contributed by atoms with Crippen LogP contribution in [0.3, 0.4) is 0 Å². The van der Waals surface area contributed by atoms with Gasteiger partial charge in [0.1, 0.15) is 0 Å². The molecule has 0 saturated heterocycles. The van der Waals surface area contributed by atoms with E-state index in [0.29, 0.717) is 5.92 Å². The van der Waals surface area contributed by atoms with Gasteiger partial charge in [-0.1, -0.05) is 19.9 Å². The summed E-state index contributed by atoms with van der Waals surface area (Å²) in [6.07, 6.45) is 5.59. The molecule has 0 bridgehead atoms. The largest absolute Gasteiger partial charge is 0.393 e. The third-order valence-corrected chi connectivity index (χ3v) is 2.04. The summed E-state index contributed by atoms with van der Waals surface area (Å²) in [5.41, 5.74) is 0.896. The summed E-state index contributed by atoms with van der Waals surface area (Å²) in [6.45, 7) is 8.70. The van der Waals surface area contributed by atoms with Crippen LogP contribution in [-0.2, 0) is 19.1 Å². The van der Waals surface area contributed by atoms with Gasteiger partial charge in [0.15, 0.2) is 0 Å². The highest BCUT2D eigenvalue weighted by atomic mass is 16.7. The van der Waals surface area contributed by atoms with Crippen molar-refractivity contribution in [3.8, 4) is 0 Å². The molecule has 0 rings (SSSR count). The fourth-order valence-corrected chi connectivity index (χ4v) is 1.25. The Morgan fingerprint density at radius 3 is 1.94 bits per heavy atom. The van der Waals surface area contributed by atoms with Crippen LogP contribution in [0.5, 0.6) is 0 Å². The van der Waals surface area contributed by atoms with Crippen molar-refractivity contribution in [3.05, 3.63) is 23.7 Å². The number of carbonyl (C=O) groups is 2. The fraction of sp³-hybridized carbons (Fsp3) is 0.571. The lowest BCUT2D eigenvalue weighted by molar-refractivity contribution is -0.150. The summed E-state index contributed by atoms with van der Waals surface area (Å²) in [4.78, 5) is 21.7. The summed E-state index contributed by atoms with van der Waals surface area (Å²) >= 11 is 0. The molecule has 0 heterocycles. The molecule has 0 saturated carbocycles. The molecule has 0 unspecified atom stereocenters. The average molecular weight is 254 g/mol. The minimum atomic E-state index is -0.516. The molecule has 0 radical (unpaired) electrons. The third kappa shape index (κ3) is 9.63. The van der Waals surface area contributed by atoms with E-state index in [-0.39, 0.29) is 5.95 Å². The van der Waals surface area contributed by atoms with E-state index in [1.165, 1.54) is 13.8 Å². The van der Waals surface area contributed by atoms with Gasteiger partial charge in [-0.3, -0.25) is 9.59 Å². The monoisotopic (exact) mass is 254 g/mol. The smallest absolute Gasteiger partial charge is 0.310 e. The molecule has 0 aromatic carbocycles. The van der Waals surface area contributed by atoms with Gasteiger partial charge in [0.05, 0.1) is 0 Å². The molecular formula is C14H22O4. The van der Waals surface area contributed by atoms with Gasteiger partial charge in [0, 0.05) is 19.9 Å². The quantitative estimate of drug-likeness (QED) is 0.414. The lowest BCUT2D eigenvalue weighted by atomic mass is 10.1. The zero-order valence-electron chi connectivity index (χ0n) is 11.8. The molecule has 0 aliphatic heterocycles. The minimum absolute atomic E-state index is 0.0757. The molecule has 0 fully saturated rings. The highest BCUT2D eigenvalue weighted by Gasteiger charge is 2.06. The molecule has 4 heteroatoms. The Labute approximate surface area is 109 Å². The first-order valence-corrected chi connectivity index (χ1v) is 6.06. The zero-order chi connectivity index (χ0) is 14.1. The summed E-state index contributed by atoms with van der Waals surface area (Å²) in [5, 5.41) is 0. The van der Waals surface area contributed by atoms with Gasteiger partial charge >= 0.3 is 11.9 Å². The number of hydrogen-bond donors (Lipinski definition) is 0. The lowest BCUT2D eigenvalue weighted by Crippen LogP contribution is -2.06. The van der Waals surface area contributed by atoms with Crippen LogP contribution in [0.15, 0.2) is 23.7 Å². The van der Waals surface area contributed by atoms with Crippen LogP contribution in [-0.4, -0.2) is 11.9 Å². The predicted octanol–water partition coefficient (Wildman–Crippen LogP) is 3.34. The molecule has 4 nitrogen and oxygen atoms in total. The van der Waals surface area contributed by atoms with Crippen LogP contribution < -0.4 is 0 Å². The van der Waals surface area contributed by atoms with Crippen molar-refractivity contribution >= 4 is 11.9 Å². The molecular weight excluding hydrogens is 232 g/mol. The van der Waals surface area contributed by atoms with Crippen LogP contribution in [0.4, 0.5) is 0 Å². The summed E-state index contributed by atoms with van der Waals surface area (Å²) < 4.78 is 9.60. The van der Waals surface area contributed by atoms with Crippen molar-refractivity contribution < 1.29 is 19.1 Å². The van der Waals surface area contributed by atoms with Crippen LogP contribution >= 0.6 is 0 Å². The van der Waals surface area contributed by atoms with E-state index in [9.17, 15) is 9.59 Å². The Kier molecular flexibility index (Phi) is 7.76. The molecule has 0 aromatic heterocycles. The number of hydrogen-bond acceptors (Lipinski definition) is 4. The summed E-state index contributed by atoms with van der Waals surface area (Å²) in [6, 6.07) is 0. The molecule has 102 valence electrons. The number of rotatable bonds is 6. The van der Waals surface area contributed by atoms with Gasteiger partial charge in [-0.25, -0.2) is 0 Å². The van der Waals surface area contributed by atoms with Crippen molar-refractivity contribution in [1.82, 2.24) is 0 Å². The van der Waals surface area contributed by atoms with Crippen LogP contribution in [0.25, 0.3) is 0 Å². The van der Waals surface area contributed by atoms with Crippen molar-refractivity contribution in [3.63, 3.8) is 0 Å². The number of ether oxygens (including phenoxy) is 2. The molecule has 0 spiro atoms. The lowest BCUT2D eigenvalue weighted by Gasteiger charge is -2.06. The van der Waals surface area contributed by atoms with Gasteiger partial charge in [-0.05, 0) is 31.3 Å². The number of carbonyl (C=O) groups excluding carboxylic acids is 2. The Morgan fingerprint density at radius 2 is 1.56 bits per heavy atom. The van der Waals surface area contributed by atoms with Gasteiger partial charge < -0.3 is 9.47 Å². The van der Waals surface area contributed by atoms with Gasteiger partial charge in [-0.15, -0.1) is 0 Å². The normalized spacial score (nSPS) is 11.1. The number of allylic oxidation sites excluding steroid dienone is 3. The maximum absolute atomic E-state index is 10.8. The molecule has 0 atom stereocenters. The van der Waals surface area contributed by atoms with Crippen LogP contribution in [0, 0.1) is 5.92 Å². The molecule has 0 aliphatic carbocycles. The van der Waals surface area contributed by atoms with E-state index in [4.69, 9.17) is 9.47 Å². The van der Waals surface area contributed by atoms with E-state index in [0.717, 1.165) is 18.4 Å². The van der Waals surface area contributed by atoms with Crippen molar-refractivity contribution in [2.75, 3.05) is 0 Å². The Balaban J connectivity index is 4.60. The minimum Gasteiger partial charge on any atom is -0.393 e. The first kappa shape index (κ1) is 16.4. The summed E-state index contributed by atoms with van der Waals surface area (Å²) in [5.74, 6) is -0.470. The Bertz CT molecular complexity index is 333. The van der Waals surface area contributed by atoms with Gasteiger partial charge in [0.25, 0.3) is 5.95 Å². The predicted molar refractivity (Wildman–Crippen MR) is 69.4 cm³/mol. The van der Waals surface area contributed by atoms with Crippen LogP contribution in [0.1, 0.15) is 47.5 Å². The van der Waals surface area contributed by atoms with Crippen molar-refractivity contribution in [1.29, 1.82) is 0 Å². The Morgan fingerprint density at radius 1 is 1.06 bits per heavy atom. The molecule has 0 aliphatic rings. The maximum atomic E-state index is 10.8. The third-order valence-electron chi connectivity index (χ3n) is 2.04. The SMILES string of the molecule is CC(=O)OC(=CC(C)=CCCC(C)C)OC(C)=O. The Hall–Kier alpha value is -1.58. The standard InChI is InChI=1S/C14H22O4/c1-10(2)7-6-8-11(3)9-14(17-12(4)15)18-13(5)16/h8-10H,6-7H2,1-5H3. The molecule has 0 N–H and O–H groups in total. The van der Waals surface area contributed by atoms with Gasteiger partial charge in [0.2, 0.25) is 0 Å². The summed E-state index contributed by atoms with van der Waals surface area (Å²) in [7, 11) is 0. The van der Waals surface area contributed by atoms with E-state index in [1.807, 2.05) is 13.0 Å². The van der Waals surface area contributed by atoms with E-state index < -0.39 is 11.9 Å². The second-order valence-electron chi connectivity index (χ2n) is 4.57. The topological polar surface area (TPSA) is 52.6 Å². The highest BCUT2D eigenvalue weighted by molar-refractivity contribution is 5.70. The first-order chi connectivity index (χ1) is 8.31. The average Bonchev–Trinajstić information content (AvgIpc) is 2.13. The van der Waals surface area contributed by atoms with Crippen LogP contribution in [0.2, 0.25) is 0 Å². The molecule has 0 amide bonds. The van der Waals surface area contributed by atoms with Crippen molar-refractivity contribution in [2.45, 2.75) is 47.5 Å². The second-order valence-corrected chi connectivity index (χ2v) is 4.57. The zero-order valence-corrected chi connectivity index (χ0v) is 11.8. The molecule has 0 aromatic rings.